The van der Waals surface area contributed by atoms with Gasteiger partial charge in [0, 0.05) is 0 Å². The number of carbonyl (C=O) groups is 1. The van der Waals surface area contributed by atoms with Crippen molar-refractivity contribution in [2.75, 3.05) is 0 Å². The monoisotopic (exact) mass is 204 g/mol. The van der Waals surface area contributed by atoms with Crippen LogP contribution in [-0.2, 0) is 11.2 Å². The van der Waals surface area contributed by atoms with Crippen LogP contribution in [-0.4, -0.2) is 11.1 Å². The Hall–Kier alpha value is -1.57. The van der Waals surface area contributed by atoms with Gasteiger partial charge >= 0.3 is 5.97 Å². The van der Waals surface area contributed by atoms with Gasteiger partial charge in [0.05, 0.1) is 5.92 Å². The van der Waals surface area contributed by atoms with E-state index < -0.39 is 5.97 Å². The molecule has 0 amide bonds. The van der Waals surface area contributed by atoms with Gasteiger partial charge in [-0.05, 0) is 24.8 Å². The second kappa shape index (κ2) is 6.02. The van der Waals surface area contributed by atoms with Crippen LogP contribution in [0, 0.1) is 5.92 Å². The van der Waals surface area contributed by atoms with Gasteiger partial charge in [0.15, 0.2) is 0 Å². The largest absolute Gasteiger partial charge is 0.481 e. The maximum atomic E-state index is 11.0. The summed E-state index contributed by atoms with van der Waals surface area (Å²) in [7, 11) is 0. The number of aliphatic carboxylic acids is 1. The summed E-state index contributed by atoms with van der Waals surface area (Å²) in [6.45, 7) is 3.61. The van der Waals surface area contributed by atoms with Crippen LogP contribution >= 0.6 is 0 Å². The third-order valence-electron chi connectivity index (χ3n) is 2.39. The molecule has 0 saturated carbocycles. The lowest BCUT2D eigenvalue weighted by Gasteiger charge is -2.10. The highest BCUT2D eigenvalue weighted by molar-refractivity contribution is 5.70. The molecule has 0 aliphatic rings. The molecule has 1 aromatic rings. The molecule has 1 rings (SSSR count). The molecule has 0 heterocycles. The van der Waals surface area contributed by atoms with Crippen LogP contribution in [0.15, 0.2) is 43.0 Å². The summed E-state index contributed by atoms with van der Waals surface area (Å²) in [5.74, 6) is -1.02. The van der Waals surface area contributed by atoms with E-state index in [-0.39, 0.29) is 5.92 Å². The van der Waals surface area contributed by atoms with Gasteiger partial charge in [-0.15, -0.1) is 6.58 Å². The smallest absolute Gasteiger partial charge is 0.306 e. The van der Waals surface area contributed by atoms with E-state index in [2.05, 4.69) is 6.58 Å². The van der Waals surface area contributed by atoms with E-state index in [1.165, 1.54) is 0 Å². The molecule has 0 aliphatic heterocycles. The molecule has 15 heavy (non-hydrogen) atoms. The SMILES string of the molecule is C=CCC[C@H](Cc1ccccc1)C(=O)O. The number of carboxylic acid groups (broad SMARTS) is 1. The van der Waals surface area contributed by atoms with E-state index in [1.54, 1.807) is 6.08 Å². The highest BCUT2D eigenvalue weighted by Gasteiger charge is 2.16. The summed E-state index contributed by atoms with van der Waals surface area (Å²) in [6.07, 6.45) is 3.78. The number of hydrogen-bond acceptors (Lipinski definition) is 1. The average Bonchev–Trinajstić information content (AvgIpc) is 2.25. The van der Waals surface area contributed by atoms with Crippen molar-refractivity contribution in [3.8, 4) is 0 Å². The van der Waals surface area contributed by atoms with E-state index in [0.29, 0.717) is 12.8 Å². The molecule has 1 atom stereocenters. The summed E-state index contributed by atoms with van der Waals surface area (Å²) in [6, 6.07) is 9.72. The van der Waals surface area contributed by atoms with Crippen molar-refractivity contribution in [2.24, 2.45) is 5.92 Å². The fourth-order valence-corrected chi connectivity index (χ4v) is 1.53. The van der Waals surface area contributed by atoms with Gasteiger partial charge in [-0.3, -0.25) is 4.79 Å². The molecule has 0 radical (unpaired) electrons. The quantitative estimate of drug-likeness (QED) is 0.723. The fourth-order valence-electron chi connectivity index (χ4n) is 1.53. The second-order valence-corrected chi connectivity index (χ2v) is 3.59. The van der Waals surface area contributed by atoms with Crippen molar-refractivity contribution in [3.63, 3.8) is 0 Å². The molecule has 0 fully saturated rings. The Kier molecular flexibility index (Phi) is 4.61. The van der Waals surface area contributed by atoms with Crippen molar-refractivity contribution in [2.45, 2.75) is 19.3 Å². The molecule has 0 unspecified atom stereocenters. The predicted molar refractivity (Wildman–Crippen MR) is 60.7 cm³/mol. The minimum Gasteiger partial charge on any atom is -0.481 e. The number of benzene rings is 1. The van der Waals surface area contributed by atoms with Crippen molar-refractivity contribution >= 4 is 5.97 Å². The van der Waals surface area contributed by atoms with Crippen LogP contribution in [0.2, 0.25) is 0 Å². The van der Waals surface area contributed by atoms with Crippen molar-refractivity contribution in [1.29, 1.82) is 0 Å². The zero-order chi connectivity index (χ0) is 11.1. The standard InChI is InChI=1S/C13H16O2/c1-2-3-9-12(13(14)15)10-11-7-5-4-6-8-11/h2,4-8,12H,1,3,9-10H2,(H,14,15)/t12-/m1/s1. The van der Waals surface area contributed by atoms with Crippen LogP contribution in [0.1, 0.15) is 18.4 Å². The second-order valence-electron chi connectivity index (χ2n) is 3.59. The van der Waals surface area contributed by atoms with E-state index in [0.717, 1.165) is 12.0 Å². The molecule has 2 nitrogen and oxygen atoms in total. The first-order chi connectivity index (χ1) is 7.24. The maximum Gasteiger partial charge on any atom is 0.306 e. The Morgan fingerprint density at radius 3 is 2.60 bits per heavy atom. The molecule has 1 N–H and O–H groups in total. The maximum absolute atomic E-state index is 11.0. The summed E-state index contributed by atoms with van der Waals surface area (Å²) >= 11 is 0. The Balaban J connectivity index is 2.58. The lowest BCUT2D eigenvalue weighted by Crippen LogP contribution is -2.16. The van der Waals surface area contributed by atoms with Crippen molar-refractivity contribution in [1.82, 2.24) is 0 Å². The van der Waals surface area contributed by atoms with E-state index in [9.17, 15) is 4.79 Å². The lowest BCUT2D eigenvalue weighted by molar-refractivity contribution is -0.141. The molecule has 0 spiro atoms. The third-order valence-corrected chi connectivity index (χ3v) is 2.39. The van der Waals surface area contributed by atoms with E-state index in [4.69, 9.17) is 5.11 Å². The van der Waals surface area contributed by atoms with Gasteiger partial charge in [0.1, 0.15) is 0 Å². The first-order valence-corrected chi connectivity index (χ1v) is 5.11. The minimum atomic E-state index is -0.722. The predicted octanol–water partition coefficient (Wildman–Crippen LogP) is 2.90. The number of carboxylic acids is 1. The molecule has 1 aromatic carbocycles. The zero-order valence-corrected chi connectivity index (χ0v) is 8.73. The Bertz CT molecular complexity index is 317. The van der Waals surface area contributed by atoms with Crippen molar-refractivity contribution < 1.29 is 9.90 Å². The van der Waals surface area contributed by atoms with Crippen molar-refractivity contribution in [3.05, 3.63) is 48.6 Å². The number of rotatable bonds is 6. The highest BCUT2D eigenvalue weighted by atomic mass is 16.4. The molecule has 0 bridgehead atoms. The van der Waals surface area contributed by atoms with Crippen LogP contribution in [0.25, 0.3) is 0 Å². The van der Waals surface area contributed by atoms with Gasteiger partial charge in [0.25, 0.3) is 0 Å². The number of hydrogen-bond donors (Lipinski definition) is 1. The van der Waals surface area contributed by atoms with Gasteiger partial charge < -0.3 is 5.11 Å². The molecule has 2 heteroatoms. The van der Waals surface area contributed by atoms with Crippen LogP contribution in [0.3, 0.4) is 0 Å². The molecular weight excluding hydrogens is 188 g/mol. The fraction of sp³-hybridized carbons (Fsp3) is 0.308. The average molecular weight is 204 g/mol. The van der Waals surface area contributed by atoms with E-state index >= 15 is 0 Å². The molecule has 0 aliphatic carbocycles. The molecular formula is C13H16O2. The topological polar surface area (TPSA) is 37.3 Å². The number of allylic oxidation sites excluding steroid dienone is 1. The zero-order valence-electron chi connectivity index (χ0n) is 8.73. The minimum absolute atomic E-state index is 0.301. The summed E-state index contributed by atoms with van der Waals surface area (Å²) in [5.41, 5.74) is 1.08. The lowest BCUT2D eigenvalue weighted by atomic mass is 9.95. The Morgan fingerprint density at radius 1 is 1.40 bits per heavy atom. The normalized spacial score (nSPS) is 12.0. The van der Waals surface area contributed by atoms with Gasteiger partial charge in [-0.2, -0.15) is 0 Å². The van der Waals surface area contributed by atoms with Gasteiger partial charge in [0.2, 0.25) is 0 Å². The van der Waals surface area contributed by atoms with Gasteiger partial charge in [-0.1, -0.05) is 36.4 Å². The molecule has 0 saturated heterocycles. The molecule has 80 valence electrons. The van der Waals surface area contributed by atoms with Crippen LogP contribution < -0.4 is 0 Å². The first kappa shape index (κ1) is 11.5. The highest BCUT2D eigenvalue weighted by Crippen LogP contribution is 2.14. The molecule has 0 aromatic heterocycles. The third kappa shape index (κ3) is 3.98. The van der Waals surface area contributed by atoms with Crippen LogP contribution in [0.4, 0.5) is 0 Å². The summed E-state index contributed by atoms with van der Waals surface area (Å²) in [5, 5.41) is 9.03. The Labute approximate surface area is 90.3 Å². The van der Waals surface area contributed by atoms with Gasteiger partial charge in [-0.25, -0.2) is 0 Å². The summed E-state index contributed by atoms with van der Waals surface area (Å²) in [4.78, 5) is 11.0. The Morgan fingerprint density at radius 2 is 2.07 bits per heavy atom. The van der Waals surface area contributed by atoms with Crippen LogP contribution in [0.5, 0.6) is 0 Å². The first-order valence-electron chi connectivity index (χ1n) is 5.11. The van der Waals surface area contributed by atoms with E-state index in [1.807, 2.05) is 30.3 Å². The summed E-state index contributed by atoms with van der Waals surface area (Å²) < 4.78 is 0.